The van der Waals surface area contributed by atoms with Gasteiger partial charge in [0.05, 0.1) is 49.4 Å². The molecule has 0 aromatic heterocycles. The molecule has 1 fully saturated rings. The summed E-state index contributed by atoms with van der Waals surface area (Å²) in [6, 6.07) is 10.9. The van der Waals surface area contributed by atoms with Crippen molar-refractivity contribution in [3.05, 3.63) is 59.7 Å². The van der Waals surface area contributed by atoms with Gasteiger partial charge in [0, 0.05) is 26.2 Å². The maximum absolute atomic E-state index is 14.0. The maximum Gasteiger partial charge on any atom is 0.241 e. The van der Waals surface area contributed by atoms with Crippen molar-refractivity contribution in [2.45, 2.75) is 76.3 Å². The second-order valence-electron chi connectivity index (χ2n) is 13.1. The number of benzene rings is 2. The van der Waals surface area contributed by atoms with E-state index in [0.29, 0.717) is 12.8 Å². The van der Waals surface area contributed by atoms with E-state index in [1.54, 1.807) is 24.3 Å². The summed E-state index contributed by atoms with van der Waals surface area (Å²) in [6.07, 6.45) is 1.13. The number of aryl methyl sites for hydroxylation is 2. The number of rotatable bonds is 12. The van der Waals surface area contributed by atoms with Gasteiger partial charge in [-0.15, -0.1) is 0 Å². The smallest absolute Gasteiger partial charge is 0.241 e. The Morgan fingerprint density at radius 2 is 0.882 bits per heavy atom. The second kappa shape index (κ2) is 20.4. The summed E-state index contributed by atoms with van der Waals surface area (Å²) in [7, 11) is -7.97. The van der Waals surface area contributed by atoms with Crippen LogP contribution in [-0.4, -0.2) is 116 Å². The lowest BCUT2D eigenvalue weighted by Gasteiger charge is -2.31. The molecule has 0 aliphatic carbocycles. The summed E-state index contributed by atoms with van der Waals surface area (Å²) in [5, 5.41) is 0. The highest BCUT2D eigenvalue weighted by molar-refractivity contribution is 7.89. The Balaban J connectivity index is 1.74. The highest BCUT2D eigenvalue weighted by atomic mass is 32.2. The van der Waals surface area contributed by atoms with Gasteiger partial charge < -0.3 is 24.0 Å². The van der Waals surface area contributed by atoms with Crippen molar-refractivity contribution >= 4 is 31.9 Å². The van der Waals surface area contributed by atoms with Crippen LogP contribution in [0.5, 0.6) is 0 Å². The first kappa shape index (κ1) is 42.5. The highest BCUT2D eigenvalue weighted by Gasteiger charge is 2.34. The average molecular weight is 753 g/mol. The van der Waals surface area contributed by atoms with E-state index in [1.165, 1.54) is 34.1 Å². The van der Waals surface area contributed by atoms with Gasteiger partial charge in [0.25, 0.3) is 0 Å². The zero-order valence-corrected chi connectivity index (χ0v) is 32.4. The molecule has 0 spiro atoms. The van der Waals surface area contributed by atoms with Crippen molar-refractivity contribution in [1.29, 1.82) is 0 Å². The Morgan fingerprint density at radius 3 is 1.18 bits per heavy atom. The molecule has 1 heterocycles. The van der Waals surface area contributed by atoms with Gasteiger partial charge in [-0.3, -0.25) is 9.59 Å². The number of sulfonamides is 2. The lowest BCUT2D eigenvalue weighted by atomic mass is 9.99. The van der Waals surface area contributed by atoms with Crippen LogP contribution in [-0.2, 0) is 43.8 Å². The minimum atomic E-state index is -3.98. The Morgan fingerprint density at radius 1 is 0.588 bits per heavy atom. The number of carbonyl (C=O) groups excluding carboxylic acids is 2. The molecule has 1 aliphatic heterocycles. The molecule has 0 saturated carbocycles. The number of carbonyl (C=O) groups is 2. The first-order valence-electron chi connectivity index (χ1n) is 17.7. The van der Waals surface area contributed by atoms with E-state index in [0.717, 1.165) is 11.1 Å². The van der Waals surface area contributed by atoms with Gasteiger partial charge in [0.1, 0.15) is 12.1 Å². The van der Waals surface area contributed by atoms with Crippen LogP contribution >= 0.6 is 0 Å². The Hall–Kier alpha value is -2.92. The molecule has 2 amide bonds. The summed E-state index contributed by atoms with van der Waals surface area (Å²) >= 11 is 0. The van der Waals surface area contributed by atoms with Crippen molar-refractivity contribution in [2.75, 3.05) is 65.8 Å². The predicted molar refractivity (Wildman–Crippen MR) is 195 cm³/mol. The first-order valence-corrected chi connectivity index (χ1v) is 20.7. The van der Waals surface area contributed by atoms with Crippen LogP contribution in [0.25, 0.3) is 0 Å². The van der Waals surface area contributed by atoms with Crippen LogP contribution in [0, 0.1) is 25.7 Å². The number of nitrogens with one attached hydrogen (secondary N) is 2. The minimum Gasteiger partial charge on any atom is -0.378 e. The Kier molecular flexibility index (Phi) is 17.0. The van der Waals surface area contributed by atoms with E-state index in [-0.39, 0.29) is 99.3 Å². The summed E-state index contributed by atoms with van der Waals surface area (Å²) in [4.78, 5) is 31.1. The fourth-order valence-corrected chi connectivity index (χ4v) is 7.97. The average Bonchev–Trinajstić information content (AvgIpc) is 3.12. The van der Waals surface area contributed by atoms with Gasteiger partial charge in [-0.1, -0.05) is 75.9 Å². The number of amides is 2. The minimum absolute atomic E-state index is 0.0792. The third kappa shape index (κ3) is 12.9. The number of hydrogen-bond acceptors (Lipinski definition) is 9. The van der Waals surface area contributed by atoms with E-state index in [1.807, 2.05) is 41.5 Å². The molecule has 2 aromatic rings. The molecule has 1 saturated heterocycles. The highest BCUT2D eigenvalue weighted by Crippen LogP contribution is 2.19. The molecular formula is C36H56N4O9S2. The molecule has 4 atom stereocenters. The van der Waals surface area contributed by atoms with E-state index in [2.05, 4.69) is 9.44 Å². The summed E-state index contributed by atoms with van der Waals surface area (Å²) < 4.78 is 76.0. The van der Waals surface area contributed by atoms with Crippen molar-refractivity contribution in [1.82, 2.24) is 19.2 Å². The standard InChI is InChI=1S/C36H56N4O9S2/c1-7-29(5)33(37-50(43,44)31-13-9-27(3)10-14-31)35(41)39-17-21-47-22-18-40(20-24-49-26-25-48-23-19-39)36(42)34(30(6)8-2)38-51(45,46)32-15-11-28(4)12-16-32/h9-16,29-30,33-34,37-38H,7-8,17-26H2,1-6H3/t29-,30+,33-,34-/m1/s1. The molecule has 51 heavy (non-hydrogen) atoms. The molecule has 15 heteroatoms. The molecule has 0 radical (unpaired) electrons. The van der Waals surface area contributed by atoms with Gasteiger partial charge in [-0.2, -0.15) is 9.44 Å². The normalized spacial score (nSPS) is 18.5. The summed E-state index contributed by atoms with van der Waals surface area (Å²) in [5.74, 6) is -1.37. The first-order chi connectivity index (χ1) is 24.2. The van der Waals surface area contributed by atoms with Crippen LogP contribution < -0.4 is 9.44 Å². The third-order valence-electron chi connectivity index (χ3n) is 9.20. The molecule has 0 bridgehead atoms. The SMILES string of the molecule is CC[C@@H](C)[C@@H](NS(=O)(=O)c1ccc(C)cc1)C(=O)N1CCOCCOCCN(C(=O)[C@H](NS(=O)(=O)c2ccc(C)cc2)[C@@H](C)CC)CCOCC1. The molecular weight excluding hydrogens is 697 g/mol. The van der Waals surface area contributed by atoms with Crippen LogP contribution in [0.1, 0.15) is 51.7 Å². The van der Waals surface area contributed by atoms with Crippen molar-refractivity contribution in [3.63, 3.8) is 0 Å². The second-order valence-corrected chi connectivity index (χ2v) is 16.5. The van der Waals surface area contributed by atoms with E-state index < -0.39 is 32.1 Å². The predicted octanol–water partition coefficient (Wildman–Crippen LogP) is 3.11. The summed E-state index contributed by atoms with van der Waals surface area (Å²) in [6.45, 7) is 13.1. The van der Waals surface area contributed by atoms with Crippen molar-refractivity contribution in [3.8, 4) is 0 Å². The molecule has 2 N–H and O–H groups in total. The zero-order valence-electron chi connectivity index (χ0n) is 30.8. The van der Waals surface area contributed by atoms with Crippen molar-refractivity contribution in [2.24, 2.45) is 11.8 Å². The molecule has 13 nitrogen and oxygen atoms in total. The van der Waals surface area contributed by atoms with Gasteiger partial charge in [-0.25, -0.2) is 16.8 Å². The van der Waals surface area contributed by atoms with E-state index in [9.17, 15) is 26.4 Å². The van der Waals surface area contributed by atoms with Crippen LogP contribution in [0.4, 0.5) is 0 Å². The molecule has 2 aromatic carbocycles. The third-order valence-corrected chi connectivity index (χ3v) is 12.1. The van der Waals surface area contributed by atoms with Gasteiger partial charge in [0.2, 0.25) is 31.9 Å². The summed E-state index contributed by atoms with van der Waals surface area (Å²) in [5.41, 5.74) is 1.84. The fraction of sp³-hybridized carbons (Fsp3) is 0.611. The number of hydrogen-bond donors (Lipinski definition) is 2. The van der Waals surface area contributed by atoms with E-state index >= 15 is 0 Å². The van der Waals surface area contributed by atoms with Crippen LogP contribution in [0.15, 0.2) is 58.3 Å². The molecule has 0 unspecified atom stereocenters. The number of ether oxygens (including phenoxy) is 3. The van der Waals surface area contributed by atoms with Crippen LogP contribution in [0.2, 0.25) is 0 Å². The lowest BCUT2D eigenvalue weighted by molar-refractivity contribution is -0.136. The topological polar surface area (TPSA) is 161 Å². The zero-order chi connectivity index (χ0) is 37.6. The van der Waals surface area contributed by atoms with Crippen molar-refractivity contribution < 1.29 is 40.6 Å². The molecule has 1 aliphatic rings. The largest absolute Gasteiger partial charge is 0.378 e. The molecule has 286 valence electrons. The van der Waals surface area contributed by atoms with Gasteiger partial charge in [-0.05, 0) is 49.9 Å². The van der Waals surface area contributed by atoms with Crippen LogP contribution in [0.3, 0.4) is 0 Å². The molecule has 3 rings (SSSR count). The monoisotopic (exact) mass is 752 g/mol. The Labute approximate surface area is 304 Å². The quantitative estimate of drug-likeness (QED) is 0.332. The van der Waals surface area contributed by atoms with Gasteiger partial charge in [0.15, 0.2) is 0 Å². The van der Waals surface area contributed by atoms with Gasteiger partial charge >= 0.3 is 0 Å². The van der Waals surface area contributed by atoms with E-state index in [4.69, 9.17) is 14.2 Å². The maximum atomic E-state index is 14.0. The number of nitrogens with zero attached hydrogens (tertiary/aromatic N) is 2. The Bertz CT molecular complexity index is 1480. The fourth-order valence-electron chi connectivity index (χ4n) is 5.38. The lowest BCUT2D eigenvalue weighted by Crippen LogP contribution is -2.53.